The minimum atomic E-state index is -4.69. The van der Waals surface area contributed by atoms with E-state index < -0.39 is 32.5 Å². The first kappa shape index (κ1) is 16.2. The van der Waals surface area contributed by atoms with Crippen molar-refractivity contribution in [2.45, 2.75) is 36.0 Å². The maximum Gasteiger partial charge on any atom is 0.407 e. The Morgan fingerprint density at radius 2 is 1.90 bits per heavy atom. The Morgan fingerprint density at radius 3 is 2.33 bits per heavy atom. The van der Waals surface area contributed by atoms with Crippen LogP contribution in [0.5, 0.6) is 0 Å². The molecule has 1 aliphatic carbocycles. The van der Waals surface area contributed by atoms with Crippen molar-refractivity contribution in [1.29, 1.82) is 0 Å². The van der Waals surface area contributed by atoms with Gasteiger partial charge in [0, 0.05) is 6.54 Å². The fourth-order valence-electron chi connectivity index (χ4n) is 1.96. The van der Waals surface area contributed by atoms with E-state index >= 15 is 0 Å². The molecule has 1 aliphatic rings. The lowest BCUT2D eigenvalue weighted by Gasteiger charge is -2.20. The lowest BCUT2D eigenvalue weighted by molar-refractivity contribution is -0.160. The van der Waals surface area contributed by atoms with Gasteiger partial charge >= 0.3 is 6.18 Å². The fourth-order valence-corrected chi connectivity index (χ4v) is 3.46. The van der Waals surface area contributed by atoms with Crippen molar-refractivity contribution in [3.63, 3.8) is 0 Å². The molecule has 0 atom stereocenters. The van der Waals surface area contributed by atoms with Crippen LogP contribution in [-0.2, 0) is 16.6 Å². The Hall–Kier alpha value is -1.19. The van der Waals surface area contributed by atoms with E-state index in [9.17, 15) is 26.0 Å². The van der Waals surface area contributed by atoms with Crippen molar-refractivity contribution in [1.82, 2.24) is 10.0 Å². The summed E-state index contributed by atoms with van der Waals surface area (Å²) in [5, 5.41) is 2.76. The van der Waals surface area contributed by atoms with E-state index in [1.165, 1.54) is 6.07 Å². The summed E-state index contributed by atoms with van der Waals surface area (Å²) in [5.74, 6) is -1.08. The molecule has 2 rings (SSSR count). The molecule has 21 heavy (non-hydrogen) atoms. The Bertz CT molecular complexity index is 639. The van der Waals surface area contributed by atoms with Crippen LogP contribution in [0.15, 0.2) is 23.1 Å². The molecule has 1 fully saturated rings. The minimum Gasteiger partial charge on any atom is -0.316 e. The van der Waals surface area contributed by atoms with Crippen LogP contribution in [0.3, 0.4) is 0 Å². The molecule has 0 amide bonds. The molecule has 0 aromatic heterocycles. The number of alkyl halides is 3. The summed E-state index contributed by atoms with van der Waals surface area (Å²) < 4.78 is 77.7. The topological polar surface area (TPSA) is 58.2 Å². The van der Waals surface area contributed by atoms with Crippen LogP contribution in [-0.4, -0.2) is 27.2 Å². The van der Waals surface area contributed by atoms with Crippen LogP contribution in [0, 0.1) is 5.82 Å². The van der Waals surface area contributed by atoms with E-state index in [1.54, 1.807) is 11.8 Å². The molecule has 118 valence electrons. The maximum absolute atomic E-state index is 13.8. The van der Waals surface area contributed by atoms with E-state index in [4.69, 9.17) is 0 Å². The summed E-state index contributed by atoms with van der Waals surface area (Å²) in [6.45, 7) is 0.317. The van der Waals surface area contributed by atoms with Crippen LogP contribution in [0.1, 0.15) is 18.4 Å². The summed E-state index contributed by atoms with van der Waals surface area (Å²) in [5.41, 5.74) is -1.96. The molecular weight excluding hydrogens is 312 g/mol. The van der Waals surface area contributed by atoms with E-state index in [0.717, 1.165) is 12.1 Å². The van der Waals surface area contributed by atoms with Gasteiger partial charge < -0.3 is 5.32 Å². The third-order valence-electron chi connectivity index (χ3n) is 3.29. The summed E-state index contributed by atoms with van der Waals surface area (Å²) in [4.78, 5) is -0.780. The highest BCUT2D eigenvalue weighted by Gasteiger charge is 2.65. The number of hydrogen-bond acceptors (Lipinski definition) is 3. The minimum absolute atomic E-state index is 0.317. The average Bonchev–Trinajstić information content (AvgIpc) is 3.08. The first-order valence-corrected chi connectivity index (χ1v) is 7.63. The second-order valence-electron chi connectivity index (χ2n) is 4.98. The molecule has 4 nitrogen and oxygen atoms in total. The van der Waals surface area contributed by atoms with Crippen molar-refractivity contribution in [3.8, 4) is 0 Å². The molecule has 0 radical (unpaired) electrons. The van der Waals surface area contributed by atoms with Crippen molar-refractivity contribution in [2.75, 3.05) is 7.05 Å². The molecule has 0 heterocycles. The number of hydrogen-bond donors (Lipinski definition) is 2. The zero-order valence-electron chi connectivity index (χ0n) is 11.1. The van der Waals surface area contributed by atoms with Gasteiger partial charge in [-0.15, -0.1) is 0 Å². The van der Waals surface area contributed by atoms with Gasteiger partial charge in [0.05, 0.1) is 0 Å². The Balaban J connectivity index is 2.29. The Labute approximate surface area is 119 Å². The molecule has 1 saturated carbocycles. The van der Waals surface area contributed by atoms with E-state index in [0.29, 0.717) is 12.1 Å². The van der Waals surface area contributed by atoms with Gasteiger partial charge in [-0.3, -0.25) is 0 Å². The summed E-state index contributed by atoms with van der Waals surface area (Å²) in [6, 6.07) is 3.30. The molecule has 1 aromatic rings. The average molecular weight is 326 g/mol. The molecule has 9 heteroatoms. The maximum atomic E-state index is 13.8. The van der Waals surface area contributed by atoms with Crippen molar-refractivity contribution in [2.24, 2.45) is 0 Å². The predicted molar refractivity (Wildman–Crippen MR) is 67.5 cm³/mol. The molecule has 0 saturated heterocycles. The van der Waals surface area contributed by atoms with Crippen molar-refractivity contribution < 1.29 is 26.0 Å². The van der Waals surface area contributed by atoms with Crippen LogP contribution in [0.2, 0.25) is 0 Å². The van der Waals surface area contributed by atoms with Crippen LogP contribution in [0.25, 0.3) is 0 Å². The largest absolute Gasteiger partial charge is 0.407 e. The lowest BCUT2D eigenvalue weighted by atomic mass is 10.2. The normalized spacial score (nSPS) is 17.8. The zero-order valence-corrected chi connectivity index (χ0v) is 11.9. The number of halogens is 4. The van der Waals surface area contributed by atoms with Crippen molar-refractivity contribution in [3.05, 3.63) is 29.6 Å². The quantitative estimate of drug-likeness (QED) is 0.813. The standard InChI is InChI=1S/C12H14F4N2O2S/c1-17-7-8-2-3-10(9(13)6-8)21(19,20)18-11(4-5-11)12(14,15)16/h2-3,6,17-18H,4-5,7H2,1H3. The molecule has 0 spiro atoms. The van der Waals surface area contributed by atoms with E-state index in [1.807, 2.05) is 0 Å². The SMILES string of the molecule is CNCc1ccc(S(=O)(=O)NC2(C(F)(F)F)CC2)c(F)c1. The highest BCUT2D eigenvalue weighted by atomic mass is 32.2. The van der Waals surface area contributed by atoms with Gasteiger partial charge in [-0.2, -0.15) is 17.9 Å². The Morgan fingerprint density at radius 1 is 1.29 bits per heavy atom. The number of sulfonamides is 1. The van der Waals surface area contributed by atoms with Crippen LogP contribution < -0.4 is 10.0 Å². The van der Waals surface area contributed by atoms with Gasteiger partial charge in [0.2, 0.25) is 10.0 Å². The number of nitrogens with one attached hydrogen (secondary N) is 2. The molecule has 0 bridgehead atoms. The van der Waals surface area contributed by atoms with Gasteiger partial charge in [0.1, 0.15) is 16.3 Å². The van der Waals surface area contributed by atoms with Gasteiger partial charge in [-0.1, -0.05) is 6.07 Å². The predicted octanol–water partition coefficient (Wildman–Crippen LogP) is 1.92. The van der Waals surface area contributed by atoms with Gasteiger partial charge in [0.15, 0.2) is 0 Å². The van der Waals surface area contributed by atoms with Gasteiger partial charge in [0.25, 0.3) is 0 Å². The summed E-state index contributed by atoms with van der Waals surface area (Å²) in [7, 11) is -2.94. The fraction of sp³-hybridized carbons (Fsp3) is 0.500. The summed E-state index contributed by atoms with van der Waals surface area (Å²) >= 11 is 0. The lowest BCUT2D eigenvalue weighted by Crippen LogP contribution is -2.47. The molecule has 2 N–H and O–H groups in total. The monoisotopic (exact) mass is 326 g/mol. The zero-order chi connectivity index (χ0) is 15.9. The molecular formula is C12H14F4N2O2S. The third-order valence-corrected chi connectivity index (χ3v) is 4.86. The number of benzene rings is 1. The van der Waals surface area contributed by atoms with Gasteiger partial charge in [-0.25, -0.2) is 12.8 Å². The number of rotatable bonds is 5. The van der Waals surface area contributed by atoms with Crippen LogP contribution >= 0.6 is 0 Å². The van der Waals surface area contributed by atoms with E-state index in [-0.39, 0.29) is 12.8 Å². The summed E-state index contributed by atoms with van der Waals surface area (Å²) in [6.07, 6.45) is -5.37. The Kier molecular flexibility index (Phi) is 4.02. The second-order valence-corrected chi connectivity index (χ2v) is 6.63. The molecule has 1 aromatic carbocycles. The second kappa shape index (κ2) is 5.22. The van der Waals surface area contributed by atoms with E-state index in [2.05, 4.69) is 5.32 Å². The molecule has 0 unspecified atom stereocenters. The smallest absolute Gasteiger partial charge is 0.316 e. The molecule has 0 aliphatic heterocycles. The van der Waals surface area contributed by atoms with Gasteiger partial charge in [-0.05, 0) is 37.6 Å². The highest BCUT2D eigenvalue weighted by molar-refractivity contribution is 7.89. The third kappa shape index (κ3) is 3.19. The highest BCUT2D eigenvalue weighted by Crippen LogP contribution is 2.49. The first-order chi connectivity index (χ1) is 9.61. The van der Waals surface area contributed by atoms with Crippen LogP contribution in [0.4, 0.5) is 17.6 Å². The first-order valence-electron chi connectivity index (χ1n) is 6.15. The van der Waals surface area contributed by atoms with Crippen molar-refractivity contribution >= 4 is 10.0 Å².